The fourth-order valence-corrected chi connectivity index (χ4v) is 7.84. The van der Waals surface area contributed by atoms with Crippen LogP contribution >= 0.6 is 0 Å². The van der Waals surface area contributed by atoms with Crippen LogP contribution in [0.2, 0.25) is 0 Å². The third kappa shape index (κ3) is 10.3. The number of carbonyl (C=O) groups excluding carboxylic acids is 4. The molecule has 0 aliphatic carbocycles. The van der Waals surface area contributed by atoms with Crippen LogP contribution in [0, 0.1) is 25.7 Å². The van der Waals surface area contributed by atoms with E-state index in [1.807, 2.05) is 0 Å². The number of amides is 2. The van der Waals surface area contributed by atoms with Gasteiger partial charge in [-0.3, -0.25) is 19.2 Å². The van der Waals surface area contributed by atoms with Crippen LogP contribution in [0.15, 0.2) is 54.8 Å². The van der Waals surface area contributed by atoms with Crippen molar-refractivity contribution < 1.29 is 76.9 Å². The van der Waals surface area contributed by atoms with Gasteiger partial charge in [0.1, 0.15) is 70.7 Å². The highest BCUT2D eigenvalue weighted by atomic mass is 16.7. The van der Waals surface area contributed by atoms with Crippen molar-refractivity contribution in [2.45, 2.75) is 128 Å². The van der Waals surface area contributed by atoms with Gasteiger partial charge in [-0.15, -0.1) is 11.8 Å². The molecule has 2 aromatic heterocycles. The van der Waals surface area contributed by atoms with E-state index in [2.05, 4.69) is 22.5 Å². The molecule has 2 fully saturated rings. The molecule has 2 aliphatic rings. The predicted octanol–water partition coefficient (Wildman–Crippen LogP) is 2.30. The minimum absolute atomic E-state index is 0.0759. The number of anilines is 2. The van der Waals surface area contributed by atoms with Crippen molar-refractivity contribution >= 4 is 56.7 Å². The summed E-state index contributed by atoms with van der Waals surface area (Å²) in [5, 5.41) is 47.7. The molecule has 8 atom stereocenters. The summed E-state index contributed by atoms with van der Waals surface area (Å²) in [6.45, 7) is 9.89. The number of rotatable bonds is 14. The number of methoxy groups -OCH3 is 2. The first-order valence-electron chi connectivity index (χ1n) is 20.8. The topological polar surface area (TPSA) is 289 Å². The zero-order chi connectivity index (χ0) is 48.4. The van der Waals surface area contributed by atoms with E-state index in [0.717, 1.165) is 0 Å². The fraction of sp³-hybridized carbons (Fsp3) is 0.478. The first-order valence-corrected chi connectivity index (χ1v) is 20.8. The van der Waals surface area contributed by atoms with Gasteiger partial charge in [0.15, 0.2) is 0 Å². The lowest BCUT2D eigenvalue weighted by Gasteiger charge is -2.46. The van der Waals surface area contributed by atoms with E-state index in [0.29, 0.717) is 21.9 Å². The third-order valence-electron chi connectivity index (χ3n) is 11.4. The second-order valence-electron chi connectivity index (χ2n) is 16.9. The van der Waals surface area contributed by atoms with Gasteiger partial charge in [-0.2, -0.15) is 0 Å². The van der Waals surface area contributed by atoms with Crippen molar-refractivity contribution in [2.75, 3.05) is 24.9 Å². The average Bonchev–Trinajstić information content (AvgIpc) is 3.25. The number of aliphatic hydroxyl groups is 4. The highest BCUT2D eigenvalue weighted by Crippen LogP contribution is 2.37. The number of benzene rings is 2. The molecule has 4 aromatic rings. The number of aryl methyl sites for hydroxylation is 2. The van der Waals surface area contributed by atoms with Gasteiger partial charge in [-0.1, -0.05) is 0 Å². The Kier molecular flexibility index (Phi) is 14.9. The zero-order valence-electron chi connectivity index (χ0n) is 37.4. The number of aliphatic hydroxyl groups excluding tert-OH is 4. The maximum absolute atomic E-state index is 12.9. The van der Waals surface area contributed by atoms with Gasteiger partial charge in [-0.05, 0) is 77.9 Å². The van der Waals surface area contributed by atoms with E-state index >= 15 is 0 Å². The summed E-state index contributed by atoms with van der Waals surface area (Å²) >= 11 is 0. The molecule has 0 spiro atoms. The number of Topliss-reactive ketones (excluding diaryl/α,β-unsaturated/α-hetero) is 2. The summed E-state index contributed by atoms with van der Waals surface area (Å²) in [6, 6.07) is 8.75. The van der Waals surface area contributed by atoms with Crippen molar-refractivity contribution in [1.82, 2.24) is 0 Å². The molecule has 2 aromatic carbocycles. The molecule has 20 heteroatoms. The largest absolute Gasteiger partial charge is 0.462 e. The Morgan fingerprint density at radius 2 is 0.985 bits per heavy atom. The van der Waals surface area contributed by atoms with Crippen molar-refractivity contribution in [3.63, 3.8) is 0 Å². The summed E-state index contributed by atoms with van der Waals surface area (Å²) < 4.78 is 45.0. The Morgan fingerprint density at radius 1 is 0.621 bits per heavy atom. The van der Waals surface area contributed by atoms with E-state index in [4.69, 9.17) is 37.3 Å². The lowest BCUT2D eigenvalue weighted by atomic mass is 9.89. The van der Waals surface area contributed by atoms with Gasteiger partial charge in [0.25, 0.3) is 11.8 Å². The van der Waals surface area contributed by atoms with Gasteiger partial charge in [0.2, 0.25) is 24.1 Å². The summed E-state index contributed by atoms with van der Waals surface area (Å²) in [5.41, 5.74) is -3.63. The second kappa shape index (κ2) is 19.8. The quantitative estimate of drug-likeness (QED) is 0.0601. The fourth-order valence-electron chi connectivity index (χ4n) is 7.84. The first kappa shape index (κ1) is 49.4. The zero-order valence-corrected chi connectivity index (χ0v) is 37.4. The maximum atomic E-state index is 12.9. The number of hydrogen-bond donors (Lipinski definition) is 6. The van der Waals surface area contributed by atoms with Crippen LogP contribution in [0.5, 0.6) is 11.5 Å². The molecule has 6 N–H and O–H groups in total. The van der Waals surface area contributed by atoms with Crippen LogP contribution in [-0.4, -0.2) is 118 Å². The maximum Gasteiger partial charge on any atom is 0.360 e. The van der Waals surface area contributed by atoms with E-state index < -0.39 is 95.0 Å². The first-order chi connectivity index (χ1) is 31.1. The van der Waals surface area contributed by atoms with Crippen molar-refractivity contribution in [3.8, 4) is 23.3 Å². The minimum Gasteiger partial charge on any atom is -0.462 e. The number of ether oxygens (including phenoxy) is 6. The van der Waals surface area contributed by atoms with Crippen LogP contribution in [0.4, 0.5) is 11.4 Å². The van der Waals surface area contributed by atoms with E-state index in [1.54, 1.807) is 41.5 Å². The highest BCUT2D eigenvalue weighted by molar-refractivity contribution is 6.41. The number of nitrogens with one attached hydrogen (secondary N) is 2. The molecular weight excluding hydrogens is 869 g/mol. The molecular formula is C46H52N2O18. The smallest absolute Gasteiger partial charge is 0.360 e. The molecule has 20 nitrogen and oxygen atoms in total. The van der Waals surface area contributed by atoms with Crippen LogP contribution in [-0.2, 0) is 38.1 Å². The highest BCUT2D eigenvalue weighted by Gasteiger charge is 2.52. The van der Waals surface area contributed by atoms with E-state index in [-0.39, 0.29) is 59.7 Å². The van der Waals surface area contributed by atoms with Gasteiger partial charge in [-0.25, -0.2) is 9.59 Å². The SMILES string of the molecule is CO[C@@H]1[C@@H](O)[C@@H](O)[C@H](Oc2ccc3cc(NC(=O)C(=O)CCC#CCCC(=O)C(=O)Nc4cc5ccc(O[C@@H]6OC(C)(C)[C@H](OC)[C@@H](O)[C@H]6O)c(C)c5oc4=O)c(=O)oc3c2C)OC1(C)C. The molecule has 0 bridgehead atoms. The summed E-state index contributed by atoms with van der Waals surface area (Å²) in [4.78, 5) is 76.2. The molecule has 4 heterocycles. The number of carbonyl (C=O) groups is 4. The van der Waals surface area contributed by atoms with Gasteiger partial charge in [0, 0.05) is 61.8 Å². The number of fused-ring (bicyclic) bond motifs is 2. The minimum atomic E-state index is -1.46. The molecule has 0 radical (unpaired) electrons. The standard InChI is InChI=1S/C46H52N2O18/c1-21-29(61-43-33(53)31(51)37(59-7)45(3,4)65-43)17-15-23-19-25(41(57)63-35(21)23)47-39(55)27(49)13-11-9-10-12-14-28(50)40(56)48-26-20-24-16-18-30(22(2)36(24)64-42(26)58)62-44-34(54)32(52)38(60-8)46(5,6)66-44/h15-20,31-34,37-38,43-44,51-54H,11-14H2,1-8H3,(H,47,55)(H,48,56)/t31-,32-,33+,34+,37+,38+,43+,44+/m0/s1. The molecule has 2 aliphatic heterocycles. The Morgan fingerprint density at radius 3 is 1.33 bits per heavy atom. The van der Waals surface area contributed by atoms with Gasteiger partial charge < -0.3 is 68.3 Å². The van der Waals surface area contributed by atoms with Gasteiger partial charge >= 0.3 is 11.3 Å². The van der Waals surface area contributed by atoms with E-state index in [9.17, 15) is 49.2 Å². The Bertz CT molecular complexity index is 2530. The molecule has 66 heavy (non-hydrogen) atoms. The Labute approximate surface area is 377 Å². The molecule has 2 amide bonds. The summed E-state index contributed by atoms with van der Waals surface area (Å²) in [7, 11) is 2.77. The van der Waals surface area contributed by atoms with Crippen LogP contribution in [0.3, 0.4) is 0 Å². The second-order valence-corrected chi connectivity index (χ2v) is 16.9. The van der Waals surface area contributed by atoms with Crippen LogP contribution in [0.25, 0.3) is 21.9 Å². The lowest BCUT2D eigenvalue weighted by Crippen LogP contribution is -2.63. The third-order valence-corrected chi connectivity index (χ3v) is 11.4. The Hall–Kier alpha value is -6.02. The van der Waals surface area contributed by atoms with Crippen molar-refractivity contribution in [2.24, 2.45) is 0 Å². The normalized spacial score (nSPS) is 24.5. The summed E-state index contributed by atoms with van der Waals surface area (Å²) in [5.74, 6) is 1.74. The van der Waals surface area contributed by atoms with Crippen LogP contribution in [0.1, 0.15) is 64.5 Å². The molecule has 0 saturated carbocycles. The van der Waals surface area contributed by atoms with Crippen LogP contribution < -0.4 is 31.4 Å². The number of ketones is 2. The lowest BCUT2D eigenvalue weighted by molar-refractivity contribution is -0.306. The Balaban J connectivity index is 0.974. The monoisotopic (exact) mass is 920 g/mol. The molecule has 2 saturated heterocycles. The molecule has 6 rings (SSSR count). The van der Waals surface area contributed by atoms with Gasteiger partial charge in [0.05, 0.1) is 11.2 Å². The number of hydrogen-bond acceptors (Lipinski definition) is 18. The van der Waals surface area contributed by atoms with Crippen molar-refractivity contribution in [1.29, 1.82) is 0 Å². The molecule has 0 unspecified atom stereocenters. The predicted molar refractivity (Wildman–Crippen MR) is 233 cm³/mol. The molecule has 354 valence electrons. The van der Waals surface area contributed by atoms with Crippen molar-refractivity contribution in [3.05, 3.63) is 68.4 Å². The summed E-state index contributed by atoms with van der Waals surface area (Å²) in [6.07, 6.45) is -10.6. The van der Waals surface area contributed by atoms with E-state index in [1.165, 1.54) is 50.6 Å². The average molecular weight is 921 g/mol.